The van der Waals surface area contributed by atoms with Crippen molar-refractivity contribution in [2.75, 3.05) is 13.7 Å². The highest BCUT2D eigenvalue weighted by Crippen LogP contribution is 2.14. The van der Waals surface area contributed by atoms with Gasteiger partial charge in [-0.05, 0) is 24.1 Å². The van der Waals surface area contributed by atoms with Gasteiger partial charge in [-0.2, -0.15) is 4.80 Å². The van der Waals surface area contributed by atoms with E-state index in [1.54, 1.807) is 7.11 Å². The van der Waals surface area contributed by atoms with Gasteiger partial charge < -0.3 is 10.1 Å². The summed E-state index contributed by atoms with van der Waals surface area (Å²) in [5.41, 5.74) is 2.14. The van der Waals surface area contributed by atoms with Crippen molar-refractivity contribution in [1.29, 1.82) is 0 Å². The van der Waals surface area contributed by atoms with Gasteiger partial charge in [0.1, 0.15) is 6.54 Å². The Hall–Kier alpha value is -2.28. The average molecular weight is 303 g/mol. The number of ether oxygens (including phenoxy) is 1. The van der Waals surface area contributed by atoms with Crippen LogP contribution in [0.5, 0.6) is 0 Å². The highest BCUT2D eigenvalue weighted by atomic mass is 16.5. The summed E-state index contributed by atoms with van der Waals surface area (Å²) in [6.07, 6.45) is 0.986. The summed E-state index contributed by atoms with van der Waals surface area (Å²) in [6.45, 7) is 4.48. The molecular formula is C15H21N5O2. The van der Waals surface area contributed by atoms with Gasteiger partial charge in [0.15, 0.2) is 0 Å². The van der Waals surface area contributed by atoms with Crippen LogP contribution in [0, 0.1) is 0 Å². The number of aromatic nitrogens is 4. The molecule has 7 heteroatoms. The highest BCUT2D eigenvalue weighted by Gasteiger charge is 2.11. The summed E-state index contributed by atoms with van der Waals surface area (Å²) in [5, 5.41) is 14.9. The maximum absolute atomic E-state index is 11.8. The van der Waals surface area contributed by atoms with Crippen LogP contribution < -0.4 is 5.32 Å². The predicted octanol–water partition coefficient (Wildman–Crippen LogP) is 1.05. The van der Waals surface area contributed by atoms with Crippen molar-refractivity contribution in [3.05, 3.63) is 29.8 Å². The van der Waals surface area contributed by atoms with Crippen molar-refractivity contribution in [1.82, 2.24) is 25.5 Å². The molecule has 7 nitrogen and oxygen atoms in total. The maximum atomic E-state index is 11.8. The Labute approximate surface area is 129 Å². The molecule has 1 atom stereocenters. The SMILES string of the molecule is CCc1ccc(-c2nnn(CC(=O)N[C@H](C)COC)n2)cc1. The van der Waals surface area contributed by atoms with Crippen molar-refractivity contribution in [2.45, 2.75) is 32.9 Å². The van der Waals surface area contributed by atoms with Crippen molar-refractivity contribution in [3.63, 3.8) is 0 Å². The zero-order valence-corrected chi connectivity index (χ0v) is 13.1. The number of hydrogen-bond donors (Lipinski definition) is 1. The molecule has 0 radical (unpaired) electrons. The number of hydrogen-bond acceptors (Lipinski definition) is 5. The molecule has 0 unspecified atom stereocenters. The van der Waals surface area contributed by atoms with Crippen LogP contribution in [0.3, 0.4) is 0 Å². The molecule has 2 rings (SSSR count). The summed E-state index contributed by atoms with van der Waals surface area (Å²) < 4.78 is 4.97. The van der Waals surface area contributed by atoms with E-state index in [1.807, 2.05) is 31.2 Å². The van der Waals surface area contributed by atoms with E-state index < -0.39 is 0 Å². The molecule has 0 spiro atoms. The second-order valence-electron chi connectivity index (χ2n) is 5.12. The van der Waals surface area contributed by atoms with Gasteiger partial charge >= 0.3 is 0 Å². The van der Waals surface area contributed by atoms with Gasteiger partial charge in [-0.15, -0.1) is 10.2 Å². The van der Waals surface area contributed by atoms with Gasteiger partial charge in [0.2, 0.25) is 11.7 Å². The van der Waals surface area contributed by atoms with Crippen molar-refractivity contribution in [2.24, 2.45) is 0 Å². The third kappa shape index (κ3) is 4.36. The van der Waals surface area contributed by atoms with Crippen molar-refractivity contribution < 1.29 is 9.53 Å². The Morgan fingerprint density at radius 2 is 2.09 bits per heavy atom. The van der Waals surface area contributed by atoms with Gasteiger partial charge in [-0.1, -0.05) is 31.2 Å². The number of carbonyl (C=O) groups excluding carboxylic acids is 1. The number of rotatable bonds is 7. The first-order chi connectivity index (χ1) is 10.6. The minimum absolute atomic E-state index is 0.0358. The van der Waals surface area contributed by atoms with Gasteiger partial charge in [-0.25, -0.2) is 0 Å². The number of aryl methyl sites for hydroxylation is 1. The number of methoxy groups -OCH3 is 1. The molecular weight excluding hydrogens is 282 g/mol. The fraction of sp³-hybridized carbons (Fsp3) is 0.467. The first-order valence-corrected chi connectivity index (χ1v) is 7.27. The van der Waals surface area contributed by atoms with Crippen LogP contribution in [-0.4, -0.2) is 45.9 Å². The summed E-state index contributed by atoms with van der Waals surface area (Å²) in [6, 6.07) is 7.94. The first kappa shape index (κ1) is 16.1. The largest absolute Gasteiger partial charge is 0.383 e. The first-order valence-electron chi connectivity index (χ1n) is 7.27. The number of amides is 1. The van der Waals surface area contributed by atoms with Crippen LogP contribution in [-0.2, 0) is 22.5 Å². The third-order valence-corrected chi connectivity index (χ3v) is 3.18. The molecule has 1 N–H and O–H groups in total. The smallest absolute Gasteiger partial charge is 0.243 e. The minimum atomic E-state index is -0.171. The zero-order valence-electron chi connectivity index (χ0n) is 13.1. The summed E-state index contributed by atoms with van der Waals surface area (Å²) in [5.74, 6) is 0.343. The van der Waals surface area contributed by atoms with Crippen LogP contribution in [0.2, 0.25) is 0 Å². The van der Waals surface area contributed by atoms with E-state index in [-0.39, 0.29) is 18.5 Å². The van der Waals surface area contributed by atoms with E-state index >= 15 is 0 Å². The second kappa shape index (κ2) is 7.65. The van der Waals surface area contributed by atoms with Gasteiger partial charge in [0.25, 0.3) is 0 Å². The standard InChI is InChI=1S/C15H21N5O2/c1-4-12-5-7-13(8-6-12)15-17-19-20(18-15)9-14(21)16-11(2)10-22-3/h5-8,11H,4,9-10H2,1-3H3,(H,16,21)/t11-/m1/s1. The molecule has 0 fully saturated rings. The topological polar surface area (TPSA) is 81.9 Å². The third-order valence-electron chi connectivity index (χ3n) is 3.18. The van der Waals surface area contributed by atoms with Gasteiger partial charge in [0, 0.05) is 18.7 Å². The average Bonchev–Trinajstić information content (AvgIpc) is 2.95. The molecule has 0 bridgehead atoms. The Kier molecular flexibility index (Phi) is 5.60. The molecule has 118 valence electrons. The number of nitrogens with one attached hydrogen (secondary N) is 1. The molecule has 1 aromatic carbocycles. The zero-order chi connectivity index (χ0) is 15.9. The van der Waals surface area contributed by atoms with E-state index in [0.717, 1.165) is 12.0 Å². The normalized spacial score (nSPS) is 12.1. The molecule has 0 aliphatic rings. The van der Waals surface area contributed by atoms with Crippen molar-refractivity contribution >= 4 is 5.91 Å². The monoisotopic (exact) mass is 303 g/mol. The van der Waals surface area contributed by atoms with E-state index in [4.69, 9.17) is 4.74 Å². The number of tetrazole rings is 1. The quantitative estimate of drug-likeness (QED) is 0.827. The van der Waals surface area contributed by atoms with Crippen LogP contribution in [0.4, 0.5) is 0 Å². The summed E-state index contributed by atoms with van der Waals surface area (Å²) >= 11 is 0. The second-order valence-corrected chi connectivity index (χ2v) is 5.12. The number of nitrogens with zero attached hydrogens (tertiary/aromatic N) is 4. The Bertz CT molecular complexity index is 609. The fourth-order valence-corrected chi connectivity index (χ4v) is 2.06. The van der Waals surface area contributed by atoms with Crippen molar-refractivity contribution in [3.8, 4) is 11.4 Å². The molecule has 0 aliphatic heterocycles. The number of carbonyl (C=O) groups is 1. The Balaban J connectivity index is 1.97. The lowest BCUT2D eigenvalue weighted by molar-refractivity contribution is -0.123. The van der Waals surface area contributed by atoms with Gasteiger partial charge in [0.05, 0.1) is 6.61 Å². The lowest BCUT2D eigenvalue weighted by Gasteiger charge is -2.11. The van der Waals surface area contributed by atoms with E-state index in [1.165, 1.54) is 10.4 Å². The van der Waals surface area contributed by atoms with E-state index in [2.05, 4.69) is 27.7 Å². The molecule has 22 heavy (non-hydrogen) atoms. The van der Waals surface area contributed by atoms with Crippen LogP contribution >= 0.6 is 0 Å². The molecule has 0 aliphatic carbocycles. The minimum Gasteiger partial charge on any atom is -0.383 e. The molecule has 1 amide bonds. The van der Waals surface area contributed by atoms with E-state index in [0.29, 0.717) is 12.4 Å². The lowest BCUT2D eigenvalue weighted by Crippen LogP contribution is -2.38. The summed E-state index contributed by atoms with van der Waals surface area (Å²) in [4.78, 5) is 13.1. The van der Waals surface area contributed by atoms with E-state index in [9.17, 15) is 4.79 Å². The molecule has 0 saturated heterocycles. The maximum Gasteiger partial charge on any atom is 0.243 e. The lowest BCUT2D eigenvalue weighted by atomic mass is 10.1. The van der Waals surface area contributed by atoms with Crippen LogP contribution in [0.15, 0.2) is 24.3 Å². The van der Waals surface area contributed by atoms with Crippen LogP contribution in [0.1, 0.15) is 19.4 Å². The highest BCUT2D eigenvalue weighted by molar-refractivity contribution is 5.75. The molecule has 1 heterocycles. The van der Waals surface area contributed by atoms with Crippen LogP contribution in [0.25, 0.3) is 11.4 Å². The molecule has 1 aromatic heterocycles. The predicted molar refractivity (Wildman–Crippen MR) is 82.1 cm³/mol. The summed E-state index contributed by atoms with van der Waals surface area (Å²) in [7, 11) is 1.59. The number of benzene rings is 1. The molecule has 2 aromatic rings. The van der Waals surface area contributed by atoms with Gasteiger partial charge in [-0.3, -0.25) is 4.79 Å². The Morgan fingerprint density at radius 3 is 2.73 bits per heavy atom. The fourth-order valence-electron chi connectivity index (χ4n) is 2.06. The Morgan fingerprint density at radius 1 is 1.36 bits per heavy atom. The molecule has 0 saturated carbocycles.